The van der Waals surface area contributed by atoms with Crippen LogP contribution in [0.4, 0.5) is 4.79 Å². The Morgan fingerprint density at radius 2 is 1.90 bits per heavy atom. The Balaban J connectivity index is 1.34. The summed E-state index contributed by atoms with van der Waals surface area (Å²) in [5, 5.41) is 2.91. The zero-order valence-electron chi connectivity index (χ0n) is 17.2. The van der Waals surface area contributed by atoms with Crippen molar-refractivity contribution in [3.05, 3.63) is 35.9 Å². The Kier molecular flexibility index (Phi) is 5.61. The Morgan fingerprint density at radius 3 is 2.55 bits per heavy atom. The molecule has 1 N–H and O–H groups in total. The molecule has 156 valence electrons. The second-order valence-electron chi connectivity index (χ2n) is 8.86. The van der Waals surface area contributed by atoms with E-state index in [0.717, 1.165) is 31.2 Å². The number of benzene rings is 1. The molecule has 29 heavy (non-hydrogen) atoms. The number of amides is 4. The van der Waals surface area contributed by atoms with Crippen LogP contribution in [0.3, 0.4) is 0 Å². The van der Waals surface area contributed by atoms with Crippen molar-refractivity contribution in [1.82, 2.24) is 15.1 Å². The number of rotatable bonds is 8. The number of hydrogen-bond acceptors (Lipinski definition) is 3. The van der Waals surface area contributed by atoms with Crippen molar-refractivity contribution in [2.75, 3.05) is 6.54 Å². The van der Waals surface area contributed by atoms with Crippen molar-refractivity contribution in [1.29, 1.82) is 0 Å². The number of nitrogens with one attached hydrogen (secondary N) is 1. The van der Waals surface area contributed by atoms with Gasteiger partial charge in [0.05, 0.1) is 0 Å². The molecule has 0 aromatic heterocycles. The lowest BCUT2D eigenvalue weighted by molar-refractivity contribution is -0.135. The van der Waals surface area contributed by atoms with E-state index in [2.05, 4.69) is 12.2 Å². The number of urea groups is 1. The van der Waals surface area contributed by atoms with Gasteiger partial charge in [0.15, 0.2) is 0 Å². The maximum absolute atomic E-state index is 13.0. The van der Waals surface area contributed by atoms with Crippen LogP contribution in [-0.2, 0) is 16.1 Å². The molecule has 3 fully saturated rings. The molecular formula is C23H31N3O3. The summed E-state index contributed by atoms with van der Waals surface area (Å²) in [4.78, 5) is 41.4. The topological polar surface area (TPSA) is 69.7 Å². The molecule has 0 radical (unpaired) electrons. The van der Waals surface area contributed by atoms with Gasteiger partial charge in [0.1, 0.15) is 5.54 Å². The maximum Gasteiger partial charge on any atom is 0.325 e. The fourth-order valence-corrected chi connectivity index (χ4v) is 4.80. The molecule has 2 aliphatic carbocycles. The minimum absolute atomic E-state index is 0.0973. The van der Waals surface area contributed by atoms with Gasteiger partial charge in [-0.05, 0) is 50.5 Å². The van der Waals surface area contributed by atoms with E-state index in [1.165, 1.54) is 17.7 Å². The van der Waals surface area contributed by atoms with E-state index in [0.29, 0.717) is 31.8 Å². The standard InChI is InChI=1S/C23H31N3O3/c1-17(19-11-12-19)26(16-18-8-3-2-4-9-18)20(27)10-7-15-25-21(28)23(24-22(25)29)13-5-6-14-23/h2-4,8-9,17,19H,5-7,10-16H2,1H3,(H,24,29). The Bertz CT molecular complexity index is 769. The third-order valence-electron chi connectivity index (χ3n) is 6.79. The molecule has 4 amide bonds. The molecule has 1 aromatic rings. The summed E-state index contributed by atoms with van der Waals surface area (Å²) >= 11 is 0. The van der Waals surface area contributed by atoms with Crippen LogP contribution in [0.5, 0.6) is 0 Å². The third kappa shape index (κ3) is 4.16. The summed E-state index contributed by atoms with van der Waals surface area (Å²) in [6.45, 7) is 3.07. The lowest BCUT2D eigenvalue weighted by Crippen LogP contribution is -2.44. The van der Waals surface area contributed by atoms with Crippen molar-refractivity contribution in [3.63, 3.8) is 0 Å². The smallest absolute Gasteiger partial charge is 0.325 e. The van der Waals surface area contributed by atoms with E-state index in [4.69, 9.17) is 0 Å². The number of carbonyl (C=O) groups excluding carboxylic acids is 3. The number of hydrogen-bond donors (Lipinski definition) is 1. The van der Waals surface area contributed by atoms with Crippen LogP contribution >= 0.6 is 0 Å². The largest absolute Gasteiger partial charge is 0.335 e. The molecule has 1 aliphatic heterocycles. The van der Waals surface area contributed by atoms with Gasteiger partial charge in [0.25, 0.3) is 5.91 Å². The molecule has 1 saturated heterocycles. The average Bonchev–Trinajstić information content (AvgIpc) is 3.43. The van der Waals surface area contributed by atoms with Gasteiger partial charge in [-0.3, -0.25) is 14.5 Å². The summed E-state index contributed by atoms with van der Waals surface area (Å²) in [6, 6.07) is 10.0. The van der Waals surface area contributed by atoms with E-state index in [9.17, 15) is 14.4 Å². The molecule has 1 unspecified atom stereocenters. The van der Waals surface area contributed by atoms with Gasteiger partial charge in [0.2, 0.25) is 5.91 Å². The first-order chi connectivity index (χ1) is 14.0. The fraction of sp³-hybridized carbons (Fsp3) is 0.609. The molecule has 6 nitrogen and oxygen atoms in total. The van der Waals surface area contributed by atoms with Crippen LogP contribution in [-0.4, -0.2) is 45.8 Å². The predicted molar refractivity (Wildman–Crippen MR) is 110 cm³/mol. The normalized spacial score (nSPS) is 21.5. The second-order valence-corrected chi connectivity index (χ2v) is 8.86. The quantitative estimate of drug-likeness (QED) is 0.683. The number of nitrogens with zero attached hydrogens (tertiary/aromatic N) is 2. The molecule has 4 rings (SSSR count). The van der Waals surface area contributed by atoms with Crippen molar-refractivity contribution in [2.45, 2.75) is 76.4 Å². The minimum atomic E-state index is -0.666. The van der Waals surface area contributed by atoms with Crippen molar-refractivity contribution in [3.8, 4) is 0 Å². The summed E-state index contributed by atoms with van der Waals surface area (Å²) in [5.41, 5.74) is 0.464. The zero-order valence-corrected chi connectivity index (χ0v) is 17.2. The van der Waals surface area contributed by atoms with E-state index >= 15 is 0 Å². The van der Waals surface area contributed by atoms with Crippen LogP contribution in [0.1, 0.15) is 63.9 Å². The lowest BCUT2D eigenvalue weighted by atomic mass is 9.98. The maximum atomic E-state index is 13.0. The van der Waals surface area contributed by atoms with E-state index < -0.39 is 5.54 Å². The van der Waals surface area contributed by atoms with Crippen molar-refractivity contribution in [2.24, 2.45) is 5.92 Å². The van der Waals surface area contributed by atoms with Gasteiger partial charge < -0.3 is 10.2 Å². The van der Waals surface area contributed by atoms with E-state index in [1.54, 1.807) is 0 Å². The Hall–Kier alpha value is -2.37. The first-order valence-electron chi connectivity index (χ1n) is 11.0. The third-order valence-corrected chi connectivity index (χ3v) is 6.79. The van der Waals surface area contributed by atoms with Gasteiger partial charge in [0, 0.05) is 25.6 Å². The summed E-state index contributed by atoms with van der Waals surface area (Å²) in [5.74, 6) is 0.603. The molecule has 1 aromatic carbocycles. The van der Waals surface area contributed by atoms with Crippen LogP contribution < -0.4 is 5.32 Å². The van der Waals surface area contributed by atoms with E-state index in [1.807, 2.05) is 35.2 Å². The SMILES string of the molecule is CC(C1CC1)N(Cc1ccccc1)C(=O)CCCN1C(=O)NC2(CCCC2)C1=O. The van der Waals surface area contributed by atoms with Gasteiger partial charge in [-0.2, -0.15) is 0 Å². The van der Waals surface area contributed by atoms with E-state index in [-0.39, 0.29) is 23.9 Å². The molecule has 1 heterocycles. The monoisotopic (exact) mass is 397 g/mol. The molecule has 0 bridgehead atoms. The van der Waals surface area contributed by atoms with Gasteiger partial charge >= 0.3 is 6.03 Å². The summed E-state index contributed by atoms with van der Waals surface area (Å²) < 4.78 is 0. The molecule has 6 heteroatoms. The zero-order chi connectivity index (χ0) is 20.4. The van der Waals surface area contributed by atoms with Crippen LogP contribution in [0.15, 0.2) is 30.3 Å². The van der Waals surface area contributed by atoms with Gasteiger partial charge in [-0.1, -0.05) is 43.2 Å². The number of imide groups is 1. The number of carbonyl (C=O) groups is 3. The first-order valence-corrected chi connectivity index (χ1v) is 11.0. The summed E-state index contributed by atoms with van der Waals surface area (Å²) in [6.07, 6.45) is 6.66. The molecule has 2 saturated carbocycles. The van der Waals surface area contributed by atoms with Crippen LogP contribution in [0.2, 0.25) is 0 Å². The second kappa shape index (κ2) is 8.17. The Morgan fingerprint density at radius 1 is 1.21 bits per heavy atom. The lowest BCUT2D eigenvalue weighted by Gasteiger charge is -2.30. The average molecular weight is 398 g/mol. The first kappa shape index (κ1) is 19.9. The highest BCUT2D eigenvalue weighted by Gasteiger charge is 2.52. The fourth-order valence-electron chi connectivity index (χ4n) is 4.80. The highest BCUT2D eigenvalue weighted by Crippen LogP contribution is 2.36. The predicted octanol–water partition coefficient (Wildman–Crippen LogP) is 3.46. The molecule has 1 spiro atoms. The molecular weight excluding hydrogens is 366 g/mol. The summed E-state index contributed by atoms with van der Waals surface area (Å²) in [7, 11) is 0. The van der Waals surface area contributed by atoms with Crippen LogP contribution in [0.25, 0.3) is 0 Å². The minimum Gasteiger partial charge on any atom is -0.335 e. The van der Waals surface area contributed by atoms with Gasteiger partial charge in [-0.15, -0.1) is 0 Å². The van der Waals surface area contributed by atoms with Crippen LogP contribution in [0, 0.1) is 5.92 Å². The Labute approximate surface area is 172 Å². The molecule has 1 atom stereocenters. The highest BCUT2D eigenvalue weighted by atomic mass is 16.2. The van der Waals surface area contributed by atoms with Gasteiger partial charge in [-0.25, -0.2) is 4.79 Å². The highest BCUT2D eigenvalue weighted by molar-refractivity contribution is 6.07. The van der Waals surface area contributed by atoms with Crippen molar-refractivity contribution >= 4 is 17.8 Å². The van der Waals surface area contributed by atoms with Crippen molar-refractivity contribution < 1.29 is 14.4 Å². The molecule has 3 aliphatic rings.